The molecule has 1 aliphatic heterocycles. The molecule has 8 heteroatoms. The summed E-state index contributed by atoms with van der Waals surface area (Å²) in [6.07, 6.45) is 5.72. The van der Waals surface area contributed by atoms with Crippen molar-refractivity contribution in [3.05, 3.63) is 77.2 Å². The molecule has 1 aliphatic rings. The van der Waals surface area contributed by atoms with Crippen molar-refractivity contribution in [3.8, 4) is 11.1 Å². The average Bonchev–Trinajstić information content (AvgIpc) is 3.23. The van der Waals surface area contributed by atoms with E-state index in [0.29, 0.717) is 11.7 Å². The molecule has 3 N–H and O–H groups in total. The van der Waals surface area contributed by atoms with Gasteiger partial charge in [-0.15, -0.1) is 0 Å². The van der Waals surface area contributed by atoms with Crippen LogP contribution in [0.25, 0.3) is 22.2 Å². The van der Waals surface area contributed by atoms with E-state index in [1.165, 1.54) is 11.3 Å². The van der Waals surface area contributed by atoms with Crippen LogP contribution in [0, 0.1) is 0 Å². The SMILES string of the molecule is CN(C)C(=O)c1ccc(C2CCN(Cc3cc4c(-c5cnc(N)cc5CO)ccnc4n3C)CC2)cc1. The quantitative estimate of drug-likeness (QED) is 0.420. The van der Waals surface area contributed by atoms with E-state index in [-0.39, 0.29) is 12.5 Å². The van der Waals surface area contributed by atoms with E-state index in [2.05, 4.69) is 44.7 Å². The smallest absolute Gasteiger partial charge is 0.253 e. The molecule has 1 amide bonds. The van der Waals surface area contributed by atoms with Gasteiger partial charge in [-0.2, -0.15) is 0 Å². The largest absolute Gasteiger partial charge is 0.392 e. The highest BCUT2D eigenvalue weighted by Crippen LogP contribution is 2.33. The molecule has 0 aliphatic carbocycles. The predicted octanol–water partition coefficient (Wildman–Crippen LogP) is 3.79. The molecule has 0 saturated carbocycles. The van der Waals surface area contributed by atoms with E-state index in [4.69, 9.17) is 5.73 Å². The van der Waals surface area contributed by atoms with Gasteiger partial charge in [-0.1, -0.05) is 12.1 Å². The topological polar surface area (TPSA) is 101 Å². The van der Waals surface area contributed by atoms with E-state index in [9.17, 15) is 9.90 Å². The number of aliphatic hydroxyl groups is 1. The highest BCUT2D eigenvalue weighted by Gasteiger charge is 2.23. The molecule has 4 heterocycles. The summed E-state index contributed by atoms with van der Waals surface area (Å²) in [6.45, 7) is 2.78. The second-order valence-electron chi connectivity index (χ2n) is 10.1. The first-order valence-corrected chi connectivity index (χ1v) is 12.7. The maximum atomic E-state index is 12.2. The fraction of sp³-hybridized carbons (Fsp3) is 0.345. The van der Waals surface area contributed by atoms with Crippen LogP contribution in [0.5, 0.6) is 0 Å². The number of fused-ring (bicyclic) bond motifs is 1. The van der Waals surface area contributed by atoms with Crippen molar-refractivity contribution in [2.75, 3.05) is 32.9 Å². The second-order valence-corrected chi connectivity index (χ2v) is 10.1. The maximum absolute atomic E-state index is 12.2. The number of hydrogen-bond donors (Lipinski definition) is 2. The Morgan fingerprint density at radius 2 is 1.81 bits per heavy atom. The molecular formula is C29H34N6O2. The molecule has 1 aromatic carbocycles. The number of nitrogen functional groups attached to an aromatic ring is 1. The number of carbonyl (C=O) groups excluding carboxylic acids is 1. The Morgan fingerprint density at radius 1 is 1.08 bits per heavy atom. The molecule has 0 radical (unpaired) electrons. The number of nitrogens with zero attached hydrogens (tertiary/aromatic N) is 5. The lowest BCUT2D eigenvalue weighted by Gasteiger charge is -2.32. The van der Waals surface area contributed by atoms with Crippen LogP contribution >= 0.6 is 0 Å². The number of amides is 1. The van der Waals surface area contributed by atoms with E-state index in [1.54, 1.807) is 31.3 Å². The minimum absolute atomic E-state index is 0.0363. The van der Waals surface area contributed by atoms with Crippen LogP contribution in [-0.2, 0) is 20.2 Å². The van der Waals surface area contributed by atoms with Crippen LogP contribution in [-0.4, -0.2) is 62.5 Å². The number of aromatic nitrogens is 3. The Balaban J connectivity index is 1.31. The Morgan fingerprint density at radius 3 is 2.49 bits per heavy atom. The van der Waals surface area contributed by atoms with Crippen LogP contribution in [0.3, 0.4) is 0 Å². The minimum atomic E-state index is -0.102. The van der Waals surface area contributed by atoms with Crippen LogP contribution in [0.2, 0.25) is 0 Å². The fourth-order valence-corrected chi connectivity index (χ4v) is 5.36. The molecule has 0 atom stereocenters. The van der Waals surface area contributed by atoms with Crippen LogP contribution in [0.15, 0.2) is 54.9 Å². The van der Waals surface area contributed by atoms with Crippen molar-refractivity contribution < 1.29 is 9.90 Å². The van der Waals surface area contributed by atoms with Gasteiger partial charge in [-0.05, 0) is 78.9 Å². The van der Waals surface area contributed by atoms with E-state index in [1.807, 2.05) is 24.4 Å². The van der Waals surface area contributed by atoms with Crippen LogP contribution < -0.4 is 5.73 Å². The summed E-state index contributed by atoms with van der Waals surface area (Å²) in [5.41, 5.74) is 12.6. The molecular weight excluding hydrogens is 464 g/mol. The Bertz CT molecular complexity index is 1420. The first-order valence-electron chi connectivity index (χ1n) is 12.7. The van der Waals surface area contributed by atoms with Crippen molar-refractivity contribution in [1.82, 2.24) is 24.3 Å². The van der Waals surface area contributed by atoms with Crippen molar-refractivity contribution in [3.63, 3.8) is 0 Å². The van der Waals surface area contributed by atoms with Crippen molar-refractivity contribution in [2.24, 2.45) is 7.05 Å². The number of nitrogens with two attached hydrogens (primary N) is 1. The monoisotopic (exact) mass is 498 g/mol. The fourth-order valence-electron chi connectivity index (χ4n) is 5.36. The summed E-state index contributed by atoms with van der Waals surface area (Å²) >= 11 is 0. The zero-order valence-electron chi connectivity index (χ0n) is 21.7. The Labute approximate surface area is 217 Å². The van der Waals surface area contributed by atoms with Gasteiger partial charge in [0.05, 0.1) is 6.61 Å². The van der Waals surface area contributed by atoms with Gasteiger partial charge < -0.3 is 20.3 Å². The molecule has 8 nitrogen and oxygen atoms in total. The summed E-state index contributed by atoms with van der Waals surface area (Å²) in [5, 5.41) is 10.9. The van der Waals surface area contributed by atoms with Crippen molar-refractivity contribution in [1.29, 1.82) is 0 Å². The number of aliphatic hydroxyl groups excluding tert-OH is 1. The Hall–Kier alpha value is -3.75. The number of anilines is 1. The molecule has 0 bridgehead atoms. The molecule has 0 spiro atoms. The molecule has 1 saturated heterocycles. The van der Waals surface area contributed by atoms with Gasteiger partial charge >= 0.3 is 0 Å². The summed E-state index contributed by atoms with van der Waals surface area (Å²) < 4.78 is 2.16. The molecule has 4 aromatic rings. The first-order chi connectivity index (χ1) is 17.9. The third-order valence-electron chi connectivity index (χ3n) is 7.51. The summed E-state index contributed by atoms with van der Waals surface area (Å²) in [4.78, 5) is 25.2. The molecule has 0 unspecified atom stereocenters. The number of aryl methyl sites for hydroxylation is 1. The predicted molar refractivity (Wildman–Crippen MR) is 146 cm³/mol. The lowest BCUT2D eigenvalue weighted by molar-refractivity contribution is 0.0827. The zero-order chi connectivity index (χ0) is 26.1. The number of benzene rings is 1. The van der Waals surface area contributed by atoms with Crippen molar-refractivity contribution in [2.45, 2.75) is 31.9 Å². The highest BCUT2D eigenvalue weighted by atomic mass is 16.3. The van der Waals surface area contributed by atoms with Gasteiger partial charge in [0.25, 0.3) is 5.91 Å². The van der Waals surface area contributed by atoms with Gasteiger partial charge in [-0.3, -0.25) is 9.69 Å². The number of pyridine rings is 2. The number of carbonyl (C=O) groups is 1. The number of rotatable bonds is 6. The van der Waals surface area contributed by atoms with Gasteiger partial charge in [0.15, 0.2) is 0 Å². The maximum Gasteiger partial charge on any atom is 0.253 e. The lowest BCUT2D eigenvalue weighted by atomic mass is 9.89. The molecule has 5 rings (SSSR count). The standard InChI is InChI=1S/C29H34N6O2/c1-33(2)29(37)21-6-4-19(5-7-21)20-9-12-35(13-10-20)17-23-15-25-24(8-11-31-28(25)34(23)3)26-16-32-27(30)14-22(26)18-36/h4-8,11,14-16,20,36H,9-10,12-13,17-18H2,1-3H3,(H2,30,32). The average molecular weight is 499 g/mol. The van der Waals surface area contributed by atoms with Crippen molar-refractivity contribution >= 4 is 22.8 Å². The van der Waals surface area contributed by atoms with E-state index < -0.39 is 0 Å². The Kier molecular flexibility index (Phi) is 6.95. The minimum Gasteiger partial charge on any atom is -0.392 e. The van der Waals surface area contributed by atoms with E-state index >= 15 is 0 Å². The normalized spacial score (nSPS) is 14.8. The second kappa shape index (κ2) is 10.3. The molecule has 37 heavy (non-hydrogen) atoms. The summed E-state index contributed by atoms with van der Waals surface area (Å²) in [7, 11) is 5.62. The highest BCUT2D eigenvalue weighted by molar-refractivity contribution is 5.95. The van der Waals surface area contributed by atoms with E-state index in [0.717, 1.165) is 65.8 Å². The number of hydrogen-bond acceptors (Lipinski definition) is 6. The first kappa shape index (κ1) is 24.9. The van der Waals surface area contributed by atoms with Gasteiger partial charge in [0, 0.05) is 62.3 Å². The van der Waals surface area contributed by atoms with Gasteiger partial charge in [0.1, 0.15) is 11.5 Å². The summed E-state index contributed by atoms with van der Waals surface area (Å²) in [6, 6.07) is 14.0. The van der Waals surface area contributed by atoms with Crippen LogP contribution in [0.4, 0.5) is 5.82 Å². The molecule has 192 valence electrons. The number of likely N-dealkylation sites (tertiary alicyclic amines) is 1. The van der Waals surface area contributed by atoms with Gasteiger partial charge in [-0.25, -0.2) is 9.97 Å². The zero-order valence-corrected chi connectivity index (χ0v) is 21.7. The number of piperidine rings is 1. The molecule has 1 fully saturated rings. The molecule has 3 aromatic heterocycles. The third-order valence-corrected chi connectivity index (χ3v) is 7.51. The third kappa shape index (κ3) is 4.95. The van der Waals surface area contributed by atoms with Gasteiger partial charge in [0.2, 0.25) is 0 Å². The summed E-state index contributed by atoms with van der Waals surface area (Å²) in [5.74, 6) is 0.942. The lowest BCUT2D eigenvalue weighted by Crippen LogP contribution is -2.33. The van der Waals surface area contributed by atoms with Crippen LogP contribution in [0.1, 0.15) is 45.9 Å².